The Labute approximate surface area is 144 Å². The number of rotatable bonds is 8. The van der Waals surface area contributed by atoms with E-state index in [1.165, 1.54) is 45.6 Å². The Hall–Kier alpha value is -0.770. The van der Waals surface area contributed by atoms with Crippen molar-refractivity contribution in [1.29, 1.82) is 0 Å². The Bertz CT molecular complexity index is 426. The van der Waals surface area contributed by atoms with Crippen LogP contribution in [0.1, 0.15) is 64.2 Å². The van der Waals surface area contributed by atoms with Crippen molar-refractivity contribution in [3.8, 4) is 0 Å². The highest BCUT2D eigenvalue weighted by molar-refractivity contribution is 8.00. The fourth-order valence-electron chi connectivity index (χ4n) is 4.43. The highest BCUT2D eigenvalue weighted by Gasteiger charge is 2.48. The molecule has 0 saturated heterocycles. The third kappa shape index (κ3) is 4.62. The molecular weight excluding hydrogens is 308 g/mol. The van der Waals surface area contributed by atoms with E-state index >= 15 is 0 Å². The molecule has 2 atom stereocenters. The molecule has 0 bridgehead atoms. The topological polar surface area (TPSA) is 43.4 Å². The SMILES string of the molecule is C=CCCC(=O)C1CCCC2(CCCC2)C1SCCC(=O)OC. The van der Waals surface area contributed by atoms with Gasteiger partial charge in [-0.3, -0.25) is 9.59 Å². The molecule has 2 unspecified atom stereocenters. The highest BCUT2D eigenvalue weighted by Crippen LogP contribution is 2.55. The molecule has 2 aliphatic carbocycles. The minimum Gasteiger partial charge on any atom is -0.469 e. The second-order valence-electron chi connectivity index (χ2n) is 6.98. The van der Waals surface area contributed by atoms with E-state index in [0.29, 0.717) is 29.3 Å². The predicted molar refractivity (Wildman–Crippen MR) is 95.6 cm³/mol. The molecule has 0 heterocycles. The Morgan fingerprint density at radius 2 is 1.91 bits per heavy atom. The van der Waals surface area contributed by atoms with Crippen molar-refractivity contribution in [3.05, 3.63) is 12.7 Å². The molecule has 2 saturated carbocycles. The van der Waals surface area contributed by atoms with Crippen LogP contribution in [-0.4, -0.2) is 29.9 Å². The van der Waals surface area contributed by atoms with E-state index in [1.54, 1.807) is 0 Å². The molecule has 2 aliphatic rings. The summed E-state index contributed by atoms with van der Waals surface area (Å²) >= 11 is 1.86. The van der Waals surface area contributed by atoms with Crippen molar-refractivity contribution in [2.75, 3.05) is 12.9 Å². The van der Waals surface area contributed by atoms with Gasteiger partial charge in [0.25, 0.3) is 0 Å². The second kappa shape index (κ2) is 8.91. The van der Waals surface area contributed by atoms with Gasteiger partial charge in [-0.1, -0.05) is 25.3 Å². The van der Waals surface area contributed by atoms with Crippen LogP contribution in [0.3, 0.4) is 0 Å². The molecule has 0 amide bonds. The summed E-state index contributed by atoms with van der Waals surface area (Å²) in [6.45, 7) is 3.74. The van der Waals surface area contributed by atoms with E-state index in [1.807, 2.05) is 17.8 Å². The van der Waals surface area contributed by atoms with Gasteiger partial charge in [0.15, 0.2) is 0 Å². The number of ketones is 1. The summed E-state index contributed by atoms with van der Waals surface area (Å²) in [4.78, 5) is 24.1. The number of hydrogen-bond acceptors (Lipinski definition) is 4. The normalized spacial score (nSPS) is 26.1. The smallest absolute Gasteiger partial charge is 0.306 e. The van der Waals surface area contributed by atoms with Gasteiger partial charge in [-0.25, -0.2) is 0 Å². The van der Waals surface area contributed by atoms with E-state index in [0.717, 1.165) is 18.6 Å². The van der Waals surface area contributed by atoms with E-state index in [9.17, 15) is 9.59 Å². The number of ether oxygens (including phenoxy) is 1. The van der Waals surface area contributed by atoms with Crippen LogP contribution >= 0.6 is 11.8 Å². The number of thioether (sulfide) groups is 1. The number of carbonyl (C=O) groups excluding carboxylic acids is 2. The first-order valence-electron chi connectivity index (χ1n) is 8.95. The predicted octanol–water partition coefficient (Wildman–Crippen LogP) is 4.55. The van der Waals surface area contributed by atoms with E-state index < -0.39 is 0 Å². The van der Waals surface area contributed by atoms with Gasteiger partial charge in [0.2, 0.25) is 0 Å². The van der Waals surface area contributed by atoms with Crippen LogP contribution in [0.4, 0.5) is 0 Å². The number of hydrogen-bond donors (Lipinski definition) is 0. The van der Waals surface area contributed by atoms with Crippen LogP contribution in [0.25, 0.3) is 0 Å². The van der Waals surface area contributed by atoms with Crippen LogP contribution in [0.5, 0.6) is 0 Å². The molecular formula is C19H30O3S. The Morgan fingerprint density at radius 1 is 1.22 bits per heavy atom. The van der Waals surface area contributed by atoms with Crippen molar-refractivity contribution >= 4 is 23.5 Å². The lowest BCUT2D eigenvalue weighted by molar-refractivity contribution is -0.140. The first-order valence-corrected chi connectivity index (χ1v) is 10.00. The van der Waals surface area contributed by atoms with Crippen LogP contribution in [-0.2, 0) is 14.3 Å². The van der Waals surface area contributed by atoms with Crippen molar-refractivity contribution < 1.29 is 14.3 Å². The zero-order valence-electron chi connectivity index (χ0n) is 14.4. The largest absolute Gasteiger partial charge is 0.469 e. The Kier molecular flexibility index (Phi) is 7.19. The first-order chi connectivity index (χ1) is 11.1. The highest BCUT2D eigenvalue weighted by atomic mass is 32.2. The van der Waals surface area contributed by atoms with Gasteiger partial charge in [-0.05, 0) is 37.5 Å². The van der Waals surface area contributed by atoms with Crippen molar-refractivity contribution in [2.45, 2.75) is 69.5 Å². The summed E-state index contributed by atoms with van der Waals surface area (Å²) in [6.07, 6.45) is 12.2. The molecule has 4 heteroatoms. The standard InChI is InChI=1S/C19H30O3S/c1-3-4-9-16(20)15-8-7-13-19(11-5-6-12-19)18(15)23-14-10-17(21)22-2/h3,15,18H,1,4-14H2,2H3. The summed E-state index contributed by atoms with van der Waals surface area (Å²) in [5.41, 5.74) is 0.341. The summed E-state index contributed by atoms with van der Waals surface area (Å²) < 4.78 is 4.75. The lowest BCUT2D eigenvalue weighted by Crippen LogP contribution is -2.43. The van der Waals surface area contributed by atoms with Crippen LogP contribution < -0.4 is 0 Å². The van der Waals surface area contributed by atoms with Crippen LogP contribution in [0.15, 0.2) is 12.7 Å². The summed E-state index contributed by atoms with van der Waals surface area (Å²) in [6, 6.07) is 0. The lowest BCUT2D eigenvalue weighted by atomic mass is 9.66. The van der Waals surface area contributed by atoms with E-state index in [4.69, 9.17) is 4.74 Å². The van der Waals surface area contributed by atoms with Crippen molar-refractivity contribution in [2.24, 2.45) is 11.3 Å². The molecule has 0 radical (unpaired) electrons. The second-order valence-corrected chi connectivity index (χ2v) is 8.23. The number of carbonyl (C=O) groups is 2. The van der Waals surface area contributed by atoms with Gasteiger partial charge in [-0.2, -0.15) is 11.8 Å². The molecule has 0 N–H and O–H groups in total. The average molecular weight is 339 g/mol. The summed E-state index contributed by atoms with van der Waals surface area (Å²) in [7, 11) is 1.44. The molecule has 23 heavy (non-hydrogen) atoms. The quantitative estimate of drug-likeness (QED) is 0.481. The molecule has 130 valence electrons. The number of methoxy groups -OCH3 is 1. The van der Waals surface area contributed by atoms with E-state index in [2.05, 4.69) is 6.58 Å². The molecule has 2 fully saturated rings. The molecule has 1 spiro atoms. The summed E-state index contributed by atoms with van der Waals surface area (Å²) in [5, 5.41) is 0.390. The fourth-order valence-corrected chi connectivity index (χ4v) is 6.20. The van der Waals surface area contributed by atoms with Gasteiger partial charge in [-0.15, -0.1) is 6.58 Å². The van der Waals surface area contributed by atoms with Gasteiger partial charge in [0.05, 0.1) is 13.5 Å². The Balaban J connectivity index is 2.06. The Morgan fingerprint density at radius 3 is 2.57 bits per heavy atom. The van der Waals surface area contributed by atoms with Crippen LogP contribution in [0.2, 0.25) is 0 Å². The van der Waals surface area contributed by atoms with Crippen molar-refractivity contribution in [1.82, 2.24) is 0 Å². The number of esters is 1. The lowest BCUT2D eigenvalue weighted by Gasteiger charge is -2.45. The molecule has 0 aromatic rings. The maximum absolute atomic E-state index is 12.7. The minimum absolute atomic E-state index is 0.150. The number of allylic oxidation sites excluding steroid dienone is 1. The van der Waals surface area contributed by atoms with Gasteiger partial charge < -0.3 is 4.74 Å². The van der Waals surface area contributed by atoms with Crippen molar-refractivity contribution in [3.63, 3.8) is 0 Å². The third-order valence-corrected chi connectivity index (χ3v) is 7.23. The third-order valence-electron chi connectivity index (χ3n) is 5.60. The molecule has 0 aromatic heterocycles. The fraction of sp³-hybridized carbons (Fsp3) is 0.789. The molecule has 2 rings (SSSR count). The molecule has 3 nitrogen and oxygen atoms in total. The van der Waals surface area contributed by atoms with Gasteiger partial charge in [0.1, 0.15) is 5.78 Å². The maximum Gasteiger partial charge on any atom is 0.306 e. The zero-order chi connectivity index (χ0) is 16.7. The van der Waals surface area contributed by atoms with Gasteiger partial charge >= 0.3 is 5.97 Å². The maximum atomic E-state index is 12.7. The van der Waals surface area contributed by atoms with E-state index in [-0.39, 0.29) is 11.9 Å². The minimum atomic E-state index is -0.150. The molecule has 0 aromatic carbocycles. The first kappa shape index (κ1) is 18.6. The molecule has 0 aliphatic heterocycles. The van der Waals surface area contributed by atoms with Crippen LogP contribution in [0, 0.1) is 11.3 Å². The zero-order valence-corrected chi connectivity index (χ0v) is 15.2. The van der Waals surface area contributed by atoms with Gasteiger partial charge in [0, 0.05) is 23.3 Å². The number of Topliss-reactive ketones (excluding diaryl/α,β-unsaturated/α-hetero) is 1. The average Bonchev–Trinajstić information content (AvgIpc) is 3.02. The summed E-state index contributed by atoms with van der Waals surface area (Å²) in [5.74, 6) is 1.20. The monoisotopic (exact) mass is 338 g/mol.